The minimum atomic E-state index is 0.550. The van der Waals surface area contributed by atoms with Gasteiger partial charge in [0.1, 0.15) is 0 Å². The van der Waals surface area contributed by atoms with Crippen molar-refractivity contribution >= 4 is 17.0 Å². The molecule has 3 rings (SSSR count). The van der Waals surface area contributed by atoms with Crippen LogP contribution in [0.15, 0.2) is 52.1 Å². The number of methoxy groups -OCH3 is 3. The molecule has 0 radical (unpaired) electrons. The first-order chi connectivity index (χ1) is 14.1. The van der Waals surface area contributed by atoms with Crippen LogP contribution < -0.4 is 19.0 Å². The standard InChI is InChI=1S/C21H24N4O3S/c1-6-23-21-25(24-14(2)15-8-7-9-22-12-15)17(13-29-21)16-10-18(26-3)20(28-5)19(11-16)27-4/h7-13H,6H2,1-5H3. The van der Waals surface area contributed by atoms with Gasteiger partial charge in [-0.1, -0.05) is 6.07 Å². The molecule has 7 nitrogen and oxygen atoms in total. The van der Waals surface area contributed by atoms with E-state index in [-0.39, 0.29) is 0 Å². The lowest BCUT2D eigenvalue weighted by atomic mass is 10.1. The van der Waals surface area contributed by atoms with Crippen LogP contribution in [0.3, 0.4) is 0 Å². The molecule has 0 saturated heterocycles. The highest BCUT2D eigenvalue weighted by atomic mass is 32.1. The number of benzene rings is 1. The summed E-state index contributed by atoms with van der Waals surface area (Å²) in [5, 5.41) is 6.86. The number of pyridine rings is 1. The van der Waals surface area contributed by atoms with Crippen molar-refractivity contribution in [2.45, 2.75) is 13.8 Å². The highest BCUT2D eigenvalue weighted by molar-refractivity contribution is 7.07. The Labute approximate surface area is 173 Å². The van der Waals surface area contributed by atoms with Crippen LogP contribution >= 0.6 is 11.3 Å². The van der Waals surface area contributed by atoms with E-state index < -0.39 is 0 Å². The minimum Gasteiger partial charge on any atom is -0.493 e. The maximum Gasteiger partial charge on any atom is 0.206 e. The first-order valence-corrected chi connectivity index (χ1v) is 9.98. The highest BCUT2D eigenvalue weighted by Crippen LogP contribution is 2.41. The molecule has 0 aliphatic rings. The number of thiazole rings is 1. The summed E-state index contributed by atoms with van der Waals surface area (Å²) in [7, 11) is 4.79. The van der Waals surface area contributed by atoms with Crippen LogP contribution in [-0.4, -0.2) is 43.2 Å². The molecular formula is C21H24N4O3S. The predicted molar refractivity (Wildman–Crippen MR) is 115 cm³/mol. The van der Waals surface area contributed by atoms with Gasteiger partial charge in [0, 0.05) is 35.4 Å². The van der Waals surface area contributed by atoms with Crippen LogP contribution in [0.5, 0.6) is 17.2 Å². The molecule has 152 valence electrons. The van der Waals surface area contributed by atoms with Crippen molar-refractivity contribution in [1.82, 2.24) is 9.66 Å². The van der Waals surface area contributed by atoms with Gasteiger partial charge in [0.15, 0.2) is 11.5 Å². The van der Waals surface area contributed by atoms with Gasteiger partial charge in [0.05, 0.1) is 32.7 Å². The van der Waals surface area contributed by atoms with Crippen LogP contribution in [-0.2, 0) is 0 Å². The van der Waals surface area contributed by atoms with Gasteiger partial charge in [-0.15, -0.1) is 11.3 Å². The average molecular weight is 413 g/mol. The quantitative estimate of drug-likeness (QED) is 0.553. The lowest BCUT2D eigenvalue weighted by Gasteiger charge is -2.14. The molecule has 2 heterocycles. The summed E-state index contributed by atoms with van der Waals surface area (Å²) in [5.74, 6) is 1.72. The minimum absolute atomic E-state index is 0.550. The lowest BCUT2D eigenvalue weighted by Crippen LogP contribution is -2.14. The zero-order valence-corrected chi connectivity index (χ0v) is 18.0. The lowest BCUT2D eigenvalue weighted by molar-refractivity contribution is 0.324. The van der Waals surface area contributed by atoms with Gasteiger partial charge in [-0.05, 0) is 32.0 Å². The predicted octanol–water partition coefficient (Wildman–Crippen LogP) is 3.83. The van der Waals surface area contributed by atoms with E-state index in [0.717, 1.165) is 27.3 Å². The van der Waals surface area contributed by atoms with Crippen molar-refractivity contribution < 1.29 is 14.2 Å². The summed E-state index contributed by atoms with van der Waals surface area (Å²) < 4.78 is 18.3. The van der Waals surface area contributed by atoms with E-state index in [1.165, 1.54) is 11.3 Å². The highest BCUT2D eigenvalue weighted by Gasteiger charge is 2.17. The molecule has 0 bridgehead atoms. The molecule has 0 spiro atoms. The summed E-state index contributed by atoms with van der Waals surface area (Å²) in [6, 6.07) is 7.69. The number of ether oxygens (including phenoxy) is 3. The van der Waals surface area contributed by atoms with Crippen LogP contribution in [0, 0.1) is 0 Å². The Morgan fingerprint density at radius 1 is 1.14 bits per heavy atom. The first-order valence-electron chi connectivity index (χ1n) is 9.10. The van der Waals surface area contributed by atoms with Gasteiger partial charge in [-0.3, -0.25) is 9.98 Å². The Balaban J connectivity index is 2.21. The van der Waals surface area contributed by atoms with Crippen LogP contribution in [0.2, 0.25) is 0 Å². The molecule has 0 amide bonds. The van der Waals surface area contributed by atoms with E-state index in [4.69, 9.17) is 19.3 Å². The second kappa shape index (κ2) is 9.38. The molecule has 0 unspecified atom stereocenters. The monoisotopic (exact) mass is 412 g/mol. The molecule has 0 fully saturated rings. The molecule has 1 aromatic carbocycles. The zero-order valence-electron chi connectivity index (χ0n) is 17.2. The third-order valence-corrected chi connectivity index (χ3v) is 5.12. The van der Waals surface area contributed by atoms with Crippen LogP contribution in [0.4, 0.5) is 0 Å². The van der Waals surface area contributed by atoms with E-state index in [1.807, 2.05) is 48.2 Å². The van der Waals surface area contributed by atoms with Crippen LogP contribution in [0.1, 0.15) is 19.4 Å². The van der Waals surface area contributed by atoms with E-state index >= 15 is 0 Å². The fourth-order valence-corrected chi connectivity index (χ4v) is 3.75. The van der Waals surface area contributed by atoms with Crippen molar-refractivity contribution in [3.63, 3.8) is 0 Å². The molecule has 0 aliphatic heterocycles. The Hall–Kier alpha value is -3.13. The van der Waals surface area contributed by atoms with Gasteiger partial charge in [0.25, 0.3) is 0 Å². The zero-order chi connectivity index (χ0) is 20.8. The number of hydrogen-bond donors (Lipinski definition) is 0. The fraction of sp³-hybridized carbons (Fsp3) is 0.286. The first kappa shape index (κ1) is 20.6. The summed E-state index contributed by atoms with van der Waals surface area (Å²) in [6.07, 6.45) is 3.54. The molecule has 8 heteroatoms. The molecule has 0 saturated carbocycles. The van der Waals surface area contributed by atoms with Gasteiger partial charge in [-0.2, -0.15) is 5.10 Å². The van der Waals surface area contributed by atoms with Crippen molar-refractivity contribution in [3.8, 4) is 28.5 Å². The molecule has 0 N–H and O–H groups in total. The van der Waals surface area contributed by atoms with E-state index in [1.54, 1.807) is 33.7 Å². The Bertz CT molecular complexity index is 1050. The summed E-state index contributed by atoms with van der Waals surface area (Å²) >= 11 is 1.53. The largest absolute Gasteiger partial charge is 0.493 e. The molecule has 29 heavy (non-hydrogen) atoms. The third kappa shape index (κ3) is 4.32. The van der Waals surface area contributed by atoms with Crippen molar-refractivity contribution in [2.75, 3.05) is 27.9 Å². The maximum atomic E-state index is 5.51. The van der Waals surface area contributed by atoms with Gasteiger partial charge >= 0.3 is 0 Å². The number of nitrogens with zero attached hydrogens (tertiary/aromatic N) is 4. The van der Waals surface area contributed by atoms with Crippen molar-refractivity contribution in [3.05, 3.63) is 52.4 Å². The molecular weight excluding hydrogens is 388 g/mol. The molecule has 3 aromatic rings. The SMILES string of the molecule is CCN=c1scc(-c2cc(OC)c(OC)c(OC)c2)n1N=C(C)c1cccnc1. The van der Waals surface area contributed by atoms with Gasteiger partial charge in [0.2, 0.25) is 10.6 Å². The second-order valence-corrected chi connectivity index (χ2v) is 6.87. The summed E-state index contributed by atoms with van der Waals surface area (Å²) in [4.78, 5) is 9.58. The molecule has 0 aliphatic carbocycles. The molecule has 0 atom stereocenters. The summed E-state index contributed by atoms with van der Waals surface area (Å²) in [6.45, 7) is 4.62. The van der Waals surface area contributed by atoms with E-state index in [2.05, 4.69) is 9.98 Å². The normalized spacial score (nSPS) is 12.2. The van der Waals surface area contributed by atoms with Gasteiger partial charge < -0.3 is 14.2 Å². The maximum absolute atomic E-state index is 5.51. The van der Waals surface area contributed by atoms with Crippen LogP contribution in [0.25, 0.3) is 11.3 Å². The van der Waals surface area contributed by atoms with Crippen molar-refractivity contribution in [2.24, 2.45) is 10.1 Å². The summed E-state index contributed by atoms with van der Waals surface area (Å²) in [5.41, 5.74) is 3.55. The topological polar surface area (TPSA) is 70.2 Å². The second-order valence-electron chi connectivity index (χ2n) is 6.03. The fourth-order valence-electron chi connectivity index (χ4n) is 2.85. The number of aromatic nitrogens is 2. The number of rotatable bonds is 7. The average Bonchev–Trinajstić information content (AvgIpc) is 3.15. The number of hydrogen-bond acceptors (Lipinski definition) is 7. The third-order valence-electron chi connectivity index (χ3n) is 4.27. The molecule has 2 aromatic heterocycles. The Kier molecular flexibility index (Phi) is 6.66. The van der Waals surface area contributed by atoms with Crippen molar-refractivity contribution in [1.29, 1.82) is 0 Å². The Morgan fingerprint density at radius 2 is 1.86 bits per heavy atom. The van der Waals surface area contributed by atoms with E-state index in [0.29, 0.717) is 23.8 Å². The van der Waals surface area contributed by atoms with Gasteiger partial charge in [-0.25, -0.2) is 4.68 Å². The Morgan fingerprint density at radius 3 is 2.41 bits per heavy atom. The smallest absolute Gasteiger partial charge is 0.206 e. The van der Waals surface area contributed by atoms with E-state index in [9.17, 15) is 0 Å².